The minimum Gasteiger partial charge on any atom is -0.489 e. The van der Waals surface area contributed by atoms with E-state index in [0.717, 1.165) is 5.69 Å². The summed E-state index contributed by atoms with van der Waals surface area (Å²) in [6.07, 6.45) is -1.15. The summed E-state index contributed by atoms with van der Waals surface area (Å²) >= 11 is 0. The number of ether oxygens (including phenoxy) is 1. The van der Waals surface area contributed by atoms with Crippen molar-refractivity contribution in [2.24, 2.45) is 0 Å². The number of benzene rings is 1. The first-order valence-electron chi connectivity index (χ1n) is 5.88. The number of hydrogen-bond acceptors (Lipinski definition) is 4. The monoisotopic (exact) mass is 253 g/mol. The van der Waals surface area contributed by atoms with Gasteiger partial charge in [0.25, 0.3) is 0 Å². The highest BCUT2D eigenvalue weighted by Crippen LogP contribution is 2.24. The Morgan fingerprint density at radius 3 is 2.67 bits per heavy atom. The molecule has 5 heteroatoms. The minimum absolute atomic E-state index is 0.0527. The van der Waals surface area contributed by atoms with Crippen molar-refractivity contribution in [2.75, 3.05) is 11.9 Å². The predicted molar refractivity (Wildman–Crippen MR) is 69.0 cm³/mol. The van der Waals surface area contributed by atoms with Crippen LogP contribution in [0.1, 0.15) is 20.3 Å². The summed E-state index contributed by atoms with van der Waals surface area (Å²) in [4.78, 5) is 10.4. The zero-order valence-corrected chi connectivity index (χ0v) is 10.6. The van der Waals surface area contributed by atoms with Crippen LogP contribution in [-0.2, 0) is 4.79 Å². The second-order valence-corrected chi connectivity index (χ2v) is 4.30. The van der Waals surface area contributed by atoms with E-state index >= 15 is 0 Å². The Morgan fingerprint density at radius 1 is 1.39 bits per heavy atom. The van der Waals surface area contributed by atoms with Crippen molar-refractivity contribution in [1.82, 2.24) is 0 Å². The van der Waals surface area contributed by atoms with Gasteiger partial charge in [-0.15, -0.1) is 0 Å². The summed E-state index contributed by atoms with van der Waals surface area (Å²) in [5, 5.41) is 21.0. The van der Waals surface area contributed by atoms with Crippen LogP contribution in [0, 0.1) is 0 Å². The van der Waals surface area contributed by atoms with Crippen molar-refractivity contribution < 1.29 is 19.7 Å². The van der Waals surface area contributed by atoms with Crippen molar-refractivity contribution in [1.29, 1.82) is 0 Å². The molecule has 0 aliphatic heterocycles. The predicted octanol–water partition coefficient (Wildman–Crippen LogP) is 1.72. The van der Waals surface area contributed by atoms with Crippen LogP contribution in [0.3, 0.4) is 0 Å². The SMILES string of the molecule is CC(C)Oc1ccccc1NCC(O)CC(=O)O. The lowest BCUT2D eigenvalue weighted by Crippen LogP contribution is -2.23. The summed E-state index contributed by atoms with van der Waals surface area (Å²) in [5.74, 6) is -0.328. The van der Waals surface area contributed by atoms with Crippen LogP contribution in [0.4, 0.5) is 5.69 Å². The molecule has 0 aliphatic rings. The molecule has 0 aromatic heterocycles. The Kier molecular flexibility index (Phi) is 5.45. The molecule has 1 atom stereocenters. The Morgan fingerprint density at radius 2 is 2.06 bits per heavy atom. The lowest BCUT2D eigenvalue weighted by Gasteiger charge is -2.16. The van der Waals surface area contributed by atoms with E-state index in [9.17, 15) is 9.90 Å². The largest absolute Gasteiger partial charge is 0.489 e. The summed E-state index contributed by atoms with van der Waals surface area (Å²) in [6, 6.07) is 7.35. The van der Waals surface area contributed by atoms with Crippen LogP contribution in [0.2, 0.25) is 0 Å². The summed E-state index contributed by atoms with van der Waals surface area (Å²) in [7, 11) is 0. The van der Waals surface area contributed by atoms with Crippen molar-refractivity contribution in [3.8, 4) is 5.75 Å². The third-order valence-corrected chi connectivity index (χ3v) is 2.19. The normalized spacial score (nSPS) is 12.2. The van der Waals surface area contributed by atoms with Gasteiger partial charge in [0.1, 0.15) is 5.75 Å². The third kappa shape index (κ3) is 5.05. The molecule has 0 amide bonds. The zero-order valence-electron chi connectivity index (χ0n) is 10.6. The quantitative estimate of drug-likeness (QED) is 0.689. The summed E-state index contributed by atoms with van der Waals surface area (Å²) in [5.41, 5.74) is 0.746. The molecule has 0 saturated heterocycles. The van der Waals surface area contributed by atoms with Gasteiger partial charge in [0.2, 0.25) is 0 Å². The molecular formula is C13H19NO4. The maximum Gasteiger partial charge on any atom is 0.306 e. The first kappa shape index (κ1) is 14.3. The van der Waals surface area contributed by atoms with Gasteiger partial charge in [-0.05, 0) is 26.0 Å². The minimum atomic E-state index is -1.02. The molecular weight excluding hydrogens is 234 g/mol. The van der Waals surface area contributed by atoms with Crippen molar-refractivity contribution >= 4 is 11.7 Å². The molecule has 0 radical (unpaired) electrons. The molecule has 0 saturated carbocycles. The number of carboxylic acid groups (broad SMARTS) is 1. The lowest BCUT2D eigenvalue weighted by molar-refractivity contribution is -0.138. The van der Waals surface area contributed by atoms with Crippen LogP contribution in [0.15, 0.2) is 24.3 Å². The number of aliphatic carboxylic acids is 1. The molecule has 0 fully saturated rings. The van der Waals surface area contributed by atoms with Gasteiger partial charge in [0.15, 0.2) is 0 Å². The van der Waals surface area contributed by atoms with Gasteiger partial charge in [-0.3, -0.25) is 4.79 Å². The highest BCUT2D eigenvalue weighted by Gasteiger charge is 2.10. The topological polar surface area (TPSA) is 78.8 Å². The Hall–Kier alpha value is -1.75. The number of carboxylic acids is 1. The third-order valence-electron chi connectivity index (χ3n) is 2.19. The first-order valence-corrected chi connectivity index (χ1v) is 5.88. The second-order valence-electron chi connectivity index (χ2n) is 4.30. The average molecular weight is 253 g/mol. The molecule has 1 aromatic rings. The van der Waals surface area contributed by atoms with Crippen LogP contribution >= 0.6 is 0 Å². The number of anilines is 1. The fourth-order valence-electron chi connectivity index (χ4n) is 1.47. The molecule has 1 rings (SSSR count). The van der Waals surface area contributed by atoms with E-state index in [1.54, 1.807) is 0 Å². The number of nitrogens with one attached hydrogen (secondary N) is 1. The fraction of sp³-hybridized carbons (Fsp3) is 0.462. The number of aliphatic hydroxyl groups excluding tert-OH is 1. The molecule has 18 heavy (non-hydrogen) atoms. The standard InChI is InChI=1S/C13H19NO4/c1-9(2)18-12-6-4-3-5-11(12)14-8-10(15)7-13(16)17/h3-6,9-10,14-15H,7-8H2,1-2H3,(H,16,17). The summed E-state index contributed by atoms with van der Waals surface area (Å²) in [6.45, 7) is 4.02. The molecule has 3 N–H and O–H groups in total. The molecule has 100 valence electrons. The first-order chi connectivity index (χ1) is 8.49. The van der Waals surface area contributed by atoms with Crippen LogP contribution in [0.5, 0.6) is 5.75 Å². The lowest BCUT2D eigenvalue weighted by atomic mass is 10.2. The summed E-state index contributed by atoms with van der Waals surface area (Å²) < 4.78 is 5.60. The molecule has 1 aromatic carbocycles. The van der Waals surface area contributed by atoms with E-state index in [1.807, 2.05) is 38.1 Å². The molecule has 0 spiro atoms. The molecule has 0 bridgehead atoms. The van der Waals surface area contributed by atoms with Crippen LogP contribution < -0.4 is 10.1 Å². The molecule has 0 heterocycles. The van der Waals surface area contributed by atoms with E-state index in [0.29, 0.717) is 5.75 Å². The second kappa shape index (κ2) is 6.86. The molecule has 0 aliphatic carbocycles. The van der Waals surface area contributed by atoms with Gasteiger partial charge in [-0.25, -0.2) is 0 Å². The fourth-order valence-corrected chi connectivity index (χ4v) is 1.47. The van der Waals surface area contributed by atoms with Gasteiger partial charge < -0.3 is 20.3 Å². The van der Waals surface area contributed by atoms with Crippen molar-refractivity contribution in [2.45, 2.75) is 32.5 Å². The van der Waals surface area contributed by atoms with Crippen molar-refractivity contribution in [3.05, 3.63) is 24.3 Å². The highest BCUT2D eigenvalue weighted by molar-refractivity contribution is 5.67. The van der Waals surface area contributed by atoms with E-state index in [2.05, 4.69) is 5.32 Å². The van der Waals surface area contributed by atoms with Gasteiger partial charge >= 0.3 is 5.97 Å². The Labute approximate surface area is 106 Å². The number of para-hydroxylation sites is 2. The maximum atomic E-state index is 10.4. The number of rotatable bonds is 7. The van der Waals surface area contributed by atoms with E-state index in [-0.39, 0.29) is 19.1 Å². The number of aliphatic hydroxyl groups is 1. The Balaban J connectivity index is 2.58. The zero-order chi connectivity index (χ0) is 13.5. The van der Waals surface area contributed by atoms with Gasteiger partial charge in [-0.2, -0.15) is 0 Å². The van der Waals surface area contributed by atoms with Gasteiger partial charge in [-0.1, -0.05) is 12.1 Å². The van der Waals surface area contributed by atoms with E-state index < -0.39 is 12.1 Å². The Bertz CT molecular complexity index is 392. The number of carbonyl (C=O) groups is 1. The average Bonchev–Trinajstić information content (AvgIpc) is 2.26. The smallest absolute Gasteiger partial charge is 0.306 e. The molecule has 5 nitrogen and oxygen atoms in total. The van der Waals surface area contributed by atoms with E-state index in [1.165, 1.54) is 0 Å². The molecule has 1 unspecified atom stereocenters. The highest BCUT2D eigenvalue weighted by atomic mass is 16.5. The van der Waals surface area contributed by atoms with Crippen molar-refractivity contribution in [3.63, 3.8) is 0 Å². The van der Waals surface area contributed by atoms with Crippen LogP contribution in [0.25, 0.3) is 0 Å². The van der Waals surface area contributed by atoms with E-state index in [4.69, 9.17) is 9.84 Å². The van der Waals surface area contributed by atoms with Crippen LogP contribution in [-0.4, -0.2) is 34.9 Å². The maximum absolute atomic E-state index is 10.4. The van der Waals surface area contributed by atoms with Gasteiger partial charge in [0.05, 0.1) is 24.3 Å². The van der Waals surface area contributed by atoms with Gasteiger partial charge in [0, 0.05) is 6.54 Å². The number of hydrogen-bond donors (Lipinski definition) is 3.